The molecular formula is C21H27NO6S. The van der Waals surface area contributed by atoms with Crippen LogP contribution in [0, 0.1) is 13.8 Å². The van der Waals surface area contributed by atoms with Gasteiger partial charge in [0.15, 0.2) is 16.4 Å². The van der Waals surface area contributed by atoms with Gasteiger partial charge in [-0.25, -0.2) is 8.42 Å². The summed E-state index contributed by atoms with van der Waals surface area (Å²) in [6.07, 6.45) is 2.69. The maximum absolute atomic E-state index is 12.6. The third-order valence-electron chi connectivity index (χ3n) is 5.40. The Morgan fingerprint density at radius 1 is 1.24 bits per heavy atom. The van der Waals surface area contributed by atoms with Crippen molar-refractivity contribution in [2.24, 2.45) is 0 Å². The molecule has 1 atom stereocenters. The number of carbonyl (C=O) groups is 2. The van der Waals surface area contributed by atoms with Crippen molar-refractivity contribution < 1.29 is 27.2 Å². The first-order valence-corrected chi connectivity index (χ1v) is 11.6. The van der Waals surface area contributed by atoms with E-state index < -0.39 is 15.8 Å². The lowest BCUT2D eigenvalue weighted by atomic mass is 10.0. The van der Waals surface area contributed by atoms with Crippen LogP contribution in [0.5, 0.6) is 0 Å². The molecule has 1 amide bonds. The van der Waals surface area contributed by atoms with Crippen molar-refractivity contribution >= 4 is 32.7 Å². The van der Waals surface area contributed by atoms with Crippen molar-refractivity contribution in [3.05, 3.63) is 35.1 Å². The largest absolute Gasteiger partial charge is 0.464 e. The second-order valence-electron chi connectivity index (χ2n) is 7.68. The van der Waals surface area contributed by atoms with Crippen LogP contribution < -0.4 is 0 Å². The van der Waals surface area contributed by atoms with Crippen molar-refractivity contribution in [1.29, 1.82) is 0 Å². The fraction of sp³-hybridized carbons (Fsp3) is 0.524. The SMILES string of the molecule is CCCN(C(=O)COC(=O)Cc1coc2cc(C)c(C)cc12)[C@@H]1CCS(=O)(=O)C1. The van der Waals surface area contributed by atoms with E-state index in [1.807, 2.05) is 32.9 Å². The van der Waals surface area contributed by atoms with Crippen molar-refractivity contribution in [1.82, 2.24) is 4.90 Å². The highest BCUT2D eigenvalue weighted by Crippen LogP contribution is 2.25. The molecule has 0 saturated carbocycles. The molecule has 1 aromatic carbocycles. The molecule has 1 aliphatic heterocycles. The van der Waals surface area contributed by atoms with E-state index in [9.17, 15) is 18.0 Å². The van der Waals surface area contributed by atoms with E-state index in [4.69, 9.17) is 9.15 Å². The number of furan rings is 1. The fourth-order valence-corrected chi connectivity index (χ4v) is 5.41. The molecule has 0 aliphatic carbocycles. The van der Waals surface area contributed by atoms with E-state index in [-0.39, 0.29) is 36.5 Å². The Bertz CT molecular complexity index is 1020. The Balaban J connectivity index is 1.61. The Morgan fingerprint density at radius 2 is 1.97 bits per heavy atom. The van der Waals surface area contributed by atoms with Crippen molar-refractivity contribution in [3.8, 4) is 0 Å². The summed E-state index contributed by atoms with van der Waals surface area (Å²) in [7, 11) is -3.10. The van der Waals surface area contributed by atoms with Gasteiger partial charge in [0.2, 0.25) is 0 Å². The number of amides is 1. The minimum Gasteiger partial charge on any atom is -0.464 e. The predicted molar refractivity (Wildman–Crippen MR) is 109 cm³/mol. The molecule has 0 spiro atoms. The lowest BCUT2D eigenvalue weighted by Gasteiger charge is -2.27. The van der Waals surface area contributed by atoms with Crippen LogP contribution >= 0.6 is 0 Å². The Morgan fingerprint density at radius 3 is 2.62 bits per heavy atom. The van der Waals surface area contributed by atoms with E-state index in [2.05, 4.69) is 0 Å². The van der Waals surface area contributed by atoms with E-state index in [1.165, 1.54) is 4.90 Å². The van der Waals surface area contributed by atoms with Gasteiger partial charge in [-0.1, -0.05) is 6.92 Å². The predicted octanol–water partition coefficient (Wildman–Crippen LogP) is 2.56. The molecule has 2 aromatic rings. The van der Waals surface area contributed by atoms with Gasteiger partial charge in [-0.15, -0.1) is 0 Å². The van der Waals surface area contributed by atoms with E-state index in [0.717, 1.165) is 16.5 Å². The van der Waals surface area contributed by atoms with Crippen LogP contribution in [0.3, 0.4) is 0 Å². The van der Waals surface area contributed by atoms with Gasteiger partial charge in [-0.05, 0) is 49.9 Å². The third kappa shape index (κ3) is 4.98. The maximum atomic E-state index is 12.6. The molecule has 0 unspecified atom stereocenters. The monoisotopic (exact) mass is 421 g/mol. The molecule has 1 aliphatic rings. The summed E-state index contributed by atoms with van der Waals surface area (Å²) in [5.41, 5.74) is 3.64. The minimum absolute atomic E-state index is 0.00830. The fourth-order valence-electron chi connectivity index (χ4n) is 3.68. The van der Waals surface area contributed by atoms with E-state index in [1.54, 1.807) is 6.26 Å². The normalized spacial score (nSPS) is 18.1. The standard InChI is InChI=1S/C21H27NO6S/c1-4-6-22(17-5-7-29(25,26)13-17)20(23)12-28-21(24)10-16-11-27-19-9-15(3)14(2)8-18(16)19/h8-9,11,17H,4-7,10,12-13H2,1-3H3/t17-/m1/s1. The molecule has 29 heavy (non-hydrogen) atoms. The average molecular weight is 422 g/mol. The highest BCUT2D eigenvalue weighted by atomic mass is 32.2. The zero-order valence-corrected chi connectivity index (χ0v) is 17.9. The molecule has 2 heterocycles. The summed E-state index contributed by atoms with van der Waals surface area (Å²) in [5.74, 6) is -0.801. The molecule has 0 bridgehead atoms. The van der Waals surface area contributed by atoms with E-state index in [0.29, 0.717) is 30.5 Å². The number of hydrogen-bond donors (Lipinski definition) is 0. The van der Waals surface area contributed by atoms with Crippen LogP contribution in [-0.4, -0.2) is 55.9 Å². The summed E-state index contributed by atoms with van der Waals surface area (Å²) in [6, 6.07) is 3.57. The number of ether oxygens (including phenoxy) is 1. The van der Waals surface area contributed by atoms with Crippen LogP contribution in [0.4, 0.5) is 0 Å². The number of esters is 1. The topological polar surface area (TPSA) is 93.9 Å². The van der Waals surface area contributed by atoms with Gasteiger partial charge >= 0.3 is 5.97 Å². The number of fused-ring (bicyclic) bond motifs is 1. The summed E-state index contributed by atoms with van der Waals surface area (Å²) in [6.45, 7) is 5.97. The smallest absolute Gasteiger partial charge is 0.310 e. The quantitative estimate of drug-likeness (QED) is 0.638. The molecule has 1 fully saturated rings. The van der Waals surface area contributed by atoms with Gasteiger partial charge in [0.05, 0.1) is 24.2 Å². The molecule has 1 aromatic heterocycles. The van der Waals surface area contributed by atoms with Crippen molar-refractivity contribution in [3.63, 3.8) is 0 Å². The first-order chi connectivity index (χ1) is 13.7. The van der Waals surface area contributed by atoms with Crippen LogP contribution in [0.1, 0.15) is 36.5 Å². The van der Waals surface area contributed by atoms with Gasteiger partial charge in [0.25, 0.3) is 5.91 Å². The van der Waals surface area contributed by atoms with Gasteiger partial charge < -0.3 is 14.1 Å². The van der Waals surface area contributed by atoms with Crippen molar-refractivity contribution in [2.45, 2.75) is 46.1 Å². The van der Waals surface area contributed by atoms with Crippen LogP contribution in [0.15, 0.2) is 22.8 Å². The molecule has 158 valence electrons. The van der Waals surface area contributed by atoms with Gasteiger partial charge in [-0.2, -0.15) is 0 Å². The zero-order chi connectivity index (χ0) is 21.2. The van der Waals surface area contributed by atoms with Gasteiger partial charge in [0, 0.05) is 23.5 Å². The molecule has 0 N–H and O–H groups in total. The van der Waals surface area contributed by atoms with E-state index >= 15 is 0 Å². The first kappa shape index (κ1) is 21.4. The number of benzene rings is 1. The van der Waals surface area contributed by atoms with Gasteiger partial charge in [-0.3, -0.25) is 9.59 Å². The third-order valence-corrected chi connectivity index (χ3v) is 7.15. The summed E-state index contributed by atoms with van der Waals surface area (Å²) >= 11 is 0. The van der Waals surface area contributed by atoms with Crippen LogP contribution in [0.25, 0.3) is 11.0 Å². The zero-order valence-electron chi connectivity index (χ0n) is 17.1. The summed E-state index contributed by atoms with van der Waals surface area (Å²) in [4.78, 5) is 26.4. The molecule has 1 saturated heterocycles. The molecule has 0 radical (unpaired) electrons. The maximum Gasteiger partial charge on any atom is 0.310 e. The molecule has 7 nitrogen and oxygen atoms in total. The Hall–Kier alpha value is -2.35. The second kappa shape index (κ2) is 8.57. The summed E-state index contributed by atoms with van der Waals surface area (Å²) < 4.78 is 34.2. The van der Waals surface area contributed by atoms with Crippen LogP contribution in [-0.2, 0) is 30.6 Å². The molecule has 3 rings (SSSR count). The van der Waals surface area contributed by atoms with Gasteiger partial charge in [0.1, 0.15) is 5.58 Å². The van der Waals surface area contributed by atoms with Crippen LogP contribution in [0.2, 0.25) is 0 Å². The minimum atomic E-state index is -3.10. The number of hydrogen-bond acceptors (Lipinski definition) is 6. The molecule has 8 heteroatoms. The average Bonchev–Trinajstić information content (AvgIpc) is 3.21. The first-order valence-electron chi connectivity index (χ1n) is 9.83. The lowest BCUT2D eigenvalue weighted by molar-refractivity contribution is -0.152. The Kier molecular flexibility index (Phi) is 6.31. The summed E-state index contributed by atoms with van der Waals surface area (Å²) in [5, 5.41) is 0.861. The number of sulfone groups is 1. The highest BCUT2D eigenvalue weighted by molar-refractivity contribution is 7.91. The highest BCUT2D eigenvalue weighted by Gasteiger charge is 2.34. The molecular weight excluding hydrogens is 394 g/mol. The number of nitrogens with zero attached hydrogens (tertiary/aromatic N) is 1. The number of rotatable bonds is 7. The number of aryl methyl sites for hydroxylation is 2. The Labute approximate surface area is 170 Å². The lowest BCUT2D eigenvalue weighted by Crippen LogP contribution is -2.43. The number of carbonyl (C=O) groups excluding carboxylic acids is 2. The van der Waals surface area contributed by atoms with Crippen molar-refractivity contribution in [2.75, 3.05) is 24.7 Å². The second-order valence-corrected chi connectivity index (χ2v) is 9.90.